The molecule has 0 aliphatic heterocycles. The predicted octanol–water partition coefficient (Wildman–Crippen LogP) is 3.03. The zero-order valence-electron chi connectivity index (χ0n) is 13.8. The maximum Gasteiger partial charge on any atom is 0.254 e. The van der Waals surface area contributed by atoms with Crippen molar-refractivity contribution in [1.82, 2.24) is 19.5 Å². The van der Waals surface area contributed by atoms with Gasteiger partial charge in [0.15, 0.2) is 11.6 Å². The summed E-state index contributed by atoms with van der Waals surface area (Å²) in [7, 11) is 0. The van der Waals surface area contributed by atoms with Crippen LogP contribution in [0.25, 0.3) is 28.2 Å². The van der Waals surface area contributed by atoms with E-state index >= 15 is 0 Å². The van der Waals surface area contributed by atoms with Crippen molar-refractivity contribution >= 4 is 16.8 Å². The van der Waals surface area contributed by atoms with E-state index in [4.69, 9.17) is 5.73 Å². The number of fused-ring (bicyclic) bond motifs is 1. The third-order valence-corrected chi connectivity index (χ3v) is 4.09. The molecule has 0 aliphatic rings. The lowest BCUT2D eigenvalue weighted by atomic mass is 10.2. The molecule has 0 radical (unpaired) electrons. The Labute approximate surface area is 148 Å². The molecule has 1 amide bonds. The fraction of sp³-hybridized carbons (Fsp3) is 0.0526. The molecule has 0 spiro atoms. The minimum Gasteiger partial charge on any atom is -0.365 e. The molecule has 0 unspecified atom stereocenters. The van der Waals surface area contributed by atoms with Gasteiger partial charge in [-0.2, -0.15) is 0 Å². The Balaban J connectivity index is 2.01. The topological polar surface area (TPSA) is 86.7 Å². The number of pyridine rings is 1. The second-order valence-corrected chi connectivity index (χ2v) is 5.80. The van der Waals surface area contributed by atoms with Gasteiger partial charge in [0.25, 0.3) is 5.91 Å². The van der Waals surface area contributed by atoms with Crippen molar-refractivity contribution in [2.45, 2.75) is 6.92 Å². The van der Waals surface area contributed by atoms with Gasteiger partial charge in [-0.3, -0.25) is 9.78 Å². The fourth-order valence-corrected chi connectivity index (χ4v) is 2.93. The van der Waals surface area contributed by atoms with Crippen molar-refractivity contribution < 1.29 is 9.18 Å². The van der Waals surface area contributed by atoms with Gasteiger partial charge in [-0.1, -0.05) is 6.07 Å². The molecule has 3 aromatic heterocycles. The second kappa shape index (κ2) is 6.03. The van der Waals surface area contributed by atoms with Crippen LogP contribution >= 0.6 is 0 Å². The van der Waals surface area contributed by atoms with Crippen LogP contribution in [0.3, 0.4) is 0 Å². The molecule has 0 fully saturated rings. The molecule has 0 saturated carbocycles. The monoisotopic (exact) mass is 347 g/mol. The molecule has 6 nitrogen and oxygen atoms in total. The summed E-state index contributed by atoms with van der Waals surface area (Å²) >= 11 is 0. The molecular formula is C19H14FN5O. The molecule has 0 bridgehead atoms. The number of carbonyl (C=O) groups is 1. The first-order chi connectivity index (χ1) is 12.5. The second-order valence-electron chi connectivity index (χ2n) is 5.80. The molecular weight excluding hydrogens is 333 g/mol. The van der Waals surface area contributed by atoms with Crippen molar-refractivity contribution in [2.75, 3.05) is 0 Å². The number of primary amides is 1. The van der Waals surface area contributed by atoms with E-state index in [1.54, 1.807) is 48.1 Å². The molecule has 3 heterocycles. The van der Waals surface area contributed by atoms with Gasteiger partial charge in [-0.25, -0.2) is 14.4 Å². The van der Waals surface area contributed by atoms with E-state index in [1.807, 2.05) is 6.07 Å². The van der Waals surface area contributed by atoms with Crippen LogP contribution in [-0.2, 0) is 0 Å². The van der Waals surface area contributed by atoms with Crippen molar-refractivity contribution in [3.8, 4) is 17.3 Å². The molecule has 128 valence electrons. The zero-order chi connectivity index (χ0) is 18.3. The highest BCUT2D eigenvalue weighted by molar-refractivity contribution is 5.98. The summed E-state index contributed by atoms with van der Waals surface area (Å²) < 4.78 is 15.2. The molecule has 7 heteroatoms. The van der Waals surface area contributed by atoms with Gasteiger partial charge in [0.1, 0.15) is 17.1 Å². The Morgan fingerprint density at radius 3 is 2.73 bits per heavy atom. The molecule has 1 aromatic carbocycles. The minimum atomic E-state index is -0.631. The van der Waals surface area contributed by atoms with Crippen molar-refractivity contribution in [1.29, 1.82) is 0 Å². The van der Waals surface area contributed by atoms with Crippen LogP contribution < -0.4 is 5.73 Å². The quantitative estimate of drug-likeness (QED) is 0.617. The molecule has 0 aliphatic carbocycles. The van der Waals surface area contributed by atoms with Crippen LogP contribution in [0.1, 0.15) is 16.1 Å². The number of halogens is 1. The van der Waals surface area contributed by atoms with Gasteiger partial charge in [0.05, 0.1) is 11.2 Å². The lowest BCUT2D eigenvalue weighted by Gasteiger charge is -2.13. The summed E-state index contributed by atoms with van der Waals surface area (Å²) in [6.07, 6.45) is 3.37. The number of hydrogen-bond acceptors (Lipinski definition) is 4. The number of nitrogens with two attached hydrogens (primary N) is 1. The average Bonchev–Trinajstić information content (AvgIpc) is 3.04. The first-order valence-corrected chi connectivity index (χ1v) is 7.91. The van der Waals surface area contributed by atoms with E-state index in [0.29, 0.717) is 33.9 Å². The number of hydrogen-bond donors (Lipinski definition) is 1. The lowest BCUT2D eigenvalue weighted by molar-refractivity contribution is 0.0999. The van der Waals surface area contributed by atoms with Gasteiger partial charge in [-0.15, -0.1) is 0 Å². The third kappa shape index (κ3) is 2.59. The van der Waals surface area contributed by atoms with Crippen molar-refractivity contribution in [2.24, 2.45) is 5.73 Å². The van der Waals surface area contributed by atoms with Crippen LogP contribution in [0.5, 0.6) is 0 Å². The number of carbonyl (C=O) groups excluding carboxylic acids is 1. The van der Waals surface area contributed by atoms with Crippen molar-refractivity contribution in [3.63, 3.8) is 0 Å². The molecule has 0 atom stereocenters. The molecule has 4 aromatic rings. The first kappa shape index (κ1) is 15.9. The molecule has 26 heavy (non-hydrogen) atoms. The molecule has 4 rings (SSSR count). The van der Waals surface area contributed by atoms with Gasteiger partial charge in [0, 0.05) is 17.8 Å². The Kier molecular flexibility index (Phi) is 3.69. The summed E-state index contributed by atoms with van der Waals surface area (Å²) in [4.78, 5) is 25.2. The molecule has 2 N–H and O–H groups in total. The minimum absolute atomic E-state index is 0.214. The Hall–Kier alpha value is -3.61. The number of benzene rings is 1. The summed E-state index contributed by atoms with van der Waals surface area (Å²) in [5, 5.41) is 0.691. The highest BCUT2D eigenvalue weighted by Crippen LogP contribution is 2.25. The van der Waals surface area contributed by atoms with Gasteiger partial charge in [0.2, 0.25) is 0 Å². The highest BCUT2D eigenvalue weighted by atomic mass is 19.1. The van der Waals surface area contributed by atoms with E-state index in [1.165, 1.54) is 12.1 Å². The fourth-order valence-electron chi connectivity index (χ4n) is 2.93. The average molecular weight is 347 g/mol. The van der Waals surface area contributed by atoms with Crippen LogP contribution in [0.2, 0.25) is 0 Å². The van der Waals surface area contributed by atoms with E-state index in [9.17, 15) is 9.18 Å². The van der Waals surface area contributed by atoms with E-state index in [0.717, 1.165) is 0 Å². The van der Waals surface area contributed by atoms with Crippen LogP contribution in [0.4, 0.5) is 4.39 Å². The summed E-state index contributed by atoms with van der Waals surface area (Å²) in [5.74, 6) is -0.244. The van der Waals surface area contributed by atoms with Gasteiger partial charge in [-0.05, 0) is 43.3 Å². The van der Waals surface area contributed by atoms with Gasteiger partial charge < -0.3 is 10.3 Å². The zero-order valence-corrected chi connectivity index (χ0v) is 13.8. The maximum atomic E-state index is 13.5. The third-order valence-electron chi connectivity index (χ3n) is 4.09. The predicted molar refractivity (Wildman–Crippen MR) is 95.3 cm³/mol. The Morgan fingerprint density at radius 2 is 2.00 bits per heavy atom. The lowest BCUT2D eigenvalue weighted by Crippen LogP contribution is -2.19. The SMILES string of the molecule is Cc1nc(-c2ccccn2)nc(-n2ccc3cc(F)ccc32)c1C(N)=O. The van der Waals surface area contributed by atoms with Crippen LogP contribution in [-0.4, -0.2) is 25.4 Å². The van der Waals surface area contributed by atoms with Crippen LogP contribution in [0, 0.1) is 12.7 Å². The summed E-state index contributed by atoms with van der Waals surface area (Å²) in [6.45, 7) is 1.70. The summed E-state index contributed by atoms with van der Waals surface area (Å²) in [6, 6.07) is 11.6. The number of amides is 1. The van der Waals surface area contributed by atoms with Gasteiger partial charge >= 0.3 is 0 Å². The van der Waals surface area contributed by atoms with E-state index < -0.39 is 5.91 Å². The first-order valence-electron chi connectivity index (χ1n) is 7.91. The molecule has 0 saturated heterocycles. The number of aromatic nitrogens is 4. The number of nitrogens with zero attached hydrogens (tertiary/aromatic N) is 4. The van der Waals surface area contributed by atoms with Crippen LogP contribution in [0.15, 0.2) is 54.9 Å². The number of aryl methyl sites for hydroxylation is 1. The van der Waals surface area contributed by atoms with Crippen molar-refractivity contribution in [3.05, 3.63) is 71.9 Å². The Bertz CT molecular complexity index is 1140. The standard InChI is InChI=1S/C19H14FN5O/c1-11-16(17(21)26)19(24-18(23-11)14-4-2-3-8-22-14)25-9-7-12-10-13(20)5-6-15(12)25/h2-10H,1H3,(H2,21,26). The summed E-state index contributed by atoms with van der Waals surface area (Å²) in [5.41, 5.74) is 7.52. The smallest absolute Gasteiger partial charge is 0.254 e. The normalized spacial score (nSPS) is 11.0. The highest BCUT2D eigenvalue weighted by Gasteiger charge is 2.20. The largest absolute Gasteiger partial charge is 0.365 e. The maximum absolute atomic E-state index is 13.5. The number of rotatable bonds is 3. The van der Waals surface area contributed by atoms with E-state index in [-0.39, 0.29) is 11.4 Å². The Morgan fingerprint density at radius 1 is 1.15 bits per heavy atom. The van der Waals surface area contributed by atoms with E-state index in [2.05, 4.69) is 15.0 Å².